The lowest BCUT2D eigenvalue weighted by molar-refractivity contribution is -0.902. The highest BCUT2D eigenvalue weighted by atomic mass is 35.5. The summed E-state index contributed by atoms with van der Waals surface area (Å²) < 4.78 is 2.36. The number of likely N-dealkylation sites (tertiary alicyclic amines) is 1. The quantitative estimate of drug-likeness (QED) is 0.689. The number of rotatable bonds is 4. The van der Waals surface area contributed by atoms with Gasteiger partial charge in [0, 0.05) is 24.4 Å². The molecule has 4 rings (SSSR count). The fourth-order valence-corrected chi connectivity index (χ4v) is 3.61. The second-order valence-electron chi connectivity index (χ2n) is 6.36. The Balaban J connectivity index is 0.00000169. The topological polar surface area (TPSA) is 22.3 Å². The van der Waals surface area contributed by atoms with Crippen molar-refractivity contribution in [3.05, 3.63) is 64.9 Å². The van der Waals surface area contributed by atoms with Crippen LogP contribution in [0.2, 0.25) is 5.02 Å². The van der Waals surface area contributed by atoms with Gasteiger partial charge in [0.05, 0.1) is 24.1 Å². The van der Waals surface area contributed by atoms with Crippen molar-refractivity contribution < 1.29 is 17.3 Å². The third-order valence-corrected chi connectivity index (χ3v) is 4.96. The van der Waals surface area contributed by atoms with Crippen LogP contribution < -0.4 is 17.3 Å². The highest BCUT2D eigenvalue weighted by Crippen LogP contribution is 2.19. The van der Waals surface area contributed by atoms with Gasteiger partial charge < -0.3 is 21.9 Å². The fourth-order valence-electron chi connectivity index (χ4n) is 3.48. The van der Waals surface area contributed by atoms with Crippen LogP contribution in [0.4, 0.5) is 0 Å². The van der Waals surface area contributed by atoms with Gasteiger partial charge in [-0.2, -0.15) is 0 Å². The maximum absolute atomic E-state index is 6.01. The molecule has 1 aliphatic heterocycles. The van der Waals surface area contributed by atoms with Crippen molar-refractivity contribution in [1.29, 1.82) is 0 Å². The van der Waals surface area contributed by atoms with Crippen molar-refractivity contribution in [3.8, 4) is 0 Å². The third-order valence-electron chi connectivity index (χ3n) is 4.71. The number of halogens is 2. The highest BCUT2D eigenvalue weighted by molar-refractivity contribution is 6.30. The minimum Gasteiger partial charge on any atom is -1.00 e. The number of para-hydroxylation sites is 2. The Morgan fingerprint density at radius 2 is 1.71 bits per heavy atom. The summed E-state index contributed by atoms with van der Waals surface area (Å²) in [4.78, 5) is 6.56. The van der Waals surface area contributed by atoms with Crippen LogP contribution >= 0.6 is 11.6 Å². The predicted octanol–water partition coefficient (Wildman–Crippen LogP) is -0.0793. The van der Waals surface area contributed by atoms with E-state index < -0.39 is 0 Å². The second kappa shape index (κ2) is 7.56. The minimum absolute atomic E-state index is 0. The van der Waals surface area contributed by atoms with E-state index in [2.05, 4.69) is 41.0 Å². The molecule has 0 aliphatic carbocycles. The van der Waals surface area contributed by atoms with Crippen LogP contribution in [0, 0.1) is 0 Å². The predicted molar refractivity (Wildman–Crippen MR) is 93.9 cm³/mol. The summed E-state index contributed by atoms with van der Waals surface area (Å²) in [5.41, 5.74) is 3.57. The van der Waals surface area contributed by atoms with Crippen molar-refractivity contribution >= 4 is 22.6 Å². The molecule has 3 nitrogen and oxygen atoms in total. The molecule has 3 aromatic rings. The van der Waals surface area contributed by atoms with Crippen LogP contribution in [0.15, 0.2) is 48.5 Å². The van der Waals surface area contributed by atoms with E-state index in [4.69, 9.17) is 16.6 Å². The molecule has 24 heavy (non-hydrogen) atoms. The molecule has 1 aliphatic rings. The standard InChI is InChI=1S/C19H20ClN3.ClH/c20-16-9-7-15(8-10-16)13-23-18-6-2-1-5-17(18)21-19(23)14-22-11-3-4-12-22;/h1-2,5-10H,3-4,11-14H2;1H. The van der Waals surface area contributed by atoms with Gasteiger partial charge in [-0.25, -0.2) is 4.98 Å². The van der Waals surface area contributed by atoms with Crippen molar-refractivity contribution in [2.75, 3.05) is 13.1 Å². The van der Waals surface area contributed by atoms with Crippen molar-refractivity contribution in [2.45, 2.75) is 25.9 Å². The van der Waals surface area contributed by atoms with Crippen LogP contribution in [0.1, 0.15) is 24.2 Å². The molecule has 5 heteroatoms. The first kappa shape index (κ1) is 17.3. The summed E-state index contributed by atoms with van der Waals surface area (Å²) in [7, 11) is 0. The average molecular weight is 362 g/mol. The maximum Gasteiger partial charge on any atom is 0.165 e. The van der Waals surface area contributed by atoms with Gasteiger partial charge in [-0.05, 0) is 29.8 Å². The maximum atomic E-state index is 6.01. The number of imidazole rings is 1. The SMILES string of the molecule is Clc1ccc(Cn2c(C[NH+]3CCCC3)nc3ccccc32)cc1.[Cl-]. The monoisotopic (exact) mass is 361 g/mol. The lowest BCUT2D eigenvalue weighted by Crippen LogP contribution is -3.08. The zero-order valence-electron chi connectivity index (χ0n) is 13.5. The molecule has 1 saturated heterocycles. The molecule has 0 bridgehead atoms. The Kier molecular flexibility index (Phi) is 5.44. The first-order valence-corrected chi connectivity index (χ1v) is 8.69. The normalized spacial score (nSPS) is 14.9. The summed E-state index contributed by atoms with van der Waals surface area (Å²) in [5, 5.41) is 0.783. The van der Waals surface area contributed by atoms with E-state index in [9.17, 15) is 0 Å². The van der Waals surface area contributed by atoms with E-state index in [0.29, 0.717) is 0 Å². The molecule has 2 aromatic carbocycles. The van der Waals surface area contributed by atoms with E-state index >= 15 is 0 Å². The van der Waals surface area contributed by atoms with E-state index in [1.54, 1.807) is 4.90 Å². The lowest BCUT2D eigenvalue weighted by Gasteiger charge is -2.14. The van der Waals surface area contributed by atoms with Gasteiger partial charge in [0.2, 0.25) is 0 Å². The second-order valence-corrected chi connectivity index (χ2v) is 6.80. The van der Waals surface area contributed by atoms with Crippen LogP contribution in [0.3, 0.4) is 0 Å². The van der Waals surface area contributed by atoms with Gasteiger partial charge >= 0.3 is 0 Å². The first-order valence-electron chi connectivity index (χ1n) is 8.32. The number of benzene rings is 2. The summed E-state index contributed by atoms with van der Waals surface area (Å²) in [5.74, 6) is 1.19. The molecular weight excluding hydrogens is 341 g/mol. The first-order chi connectivity index (χ1) is 11.3. The summed E-state index contributed by atoms with van der Waals surface area (Å²) in [6, 6.07) is 16.6. The van der Waals surface area contributed by atoms with Crippen molar-refractivity contribution in [3.63, 3.8) is 0 Å². The van der Waals surface area contributed by atoms with Gasteiger partial charge in [0.1, 0.15) is 6.54 Å². The highest BCUT2D eigenvalue weighted by Gasteiger charge is 2.20. The zero-order valence-corrected chi connectivity index (χ0v) is 15.0. The number of hydrogen-bond acceptors (Lipinski definition) is 1. The molecule has 0 spiro atoms. The van der Waals surface area contributed by atoms with Gasteiger partial charge in [-0.1, -0.05) is 35.9 Å². The number of hydrogen-bond donors (Lipinski definition) is 1. The van der Waals surface area contributed by atoms with Gasteiger partial charge in [0.25, 0.3) is 0 Å². The van der Waals surface area contributed by atoms with Crippen LogP contribution in [-0.4, -0.2) is 22.6 Å². The molecular formula is C19H21Cl2N3. The number of nitrogens with one attached hydrogen (secondary N) is 1. The Morgan fingerprint density at radius 1 is 1.00 bits per heavy atom. The molecule has 0 amide bonds. The Hall–Kier alpha value is -1.55. The third kappa shape index (κ3) is 3.59. The van der Waals surface area contributed by atoms with Crippen molar-refractivity contribution in [2.24, 2.45) is 0 Å². The summed E-state index contributed by atoms with van der Waals surface area (Å²) in [6.07, 6.45) is 2.68. The van der Waals surface area contributed by atoms with E-state index in [1.807, 2.05) is 12.1 Å². The molecule has 1 N–H and O–H groups in total. The molecule has 1 aromatic heterocycles. The van der Waals surface area contributed by atoms with Crippen LogP contribution in [0.25, 0.3) is 11.0 Å². The number of fused-ring (bicyclic) bond motifs is 1. The summed E-state index contributed by atoms with van der Waals surface area (Å²) >= 11 is 6.01. The number of aromatic nitrogens is 2. The van der Waals surface area contributed by atoms with Gasteiger partial charge in [-0.3, -0.25) is 0 Å². The number of quaternary nitrogens is 1. The molecule has 1 fully saturated rings. The smallest absolute Gasteiger partial charge is 0.165 e. The Labute approximate surface area is 153 Å². The van der Waals surface area contributed by atoms with E-state index in [1.165, 1.54) is 42.8 Å². The largest absolute Gasteiger partial charge is 1.00 e. The minimum atomic E-state index is 0. The molecule has 126 valence electrons. The Bertz CT molecular complexity index is 805. The van der Waals surface area contributed by atoms with Crippen LogP contribution in [0.5, 0.6) is 0 Å². The molecule has 2 heterocycles. The zero-order chi connectivity index (χ0) is 15.6. The fraction of sp³-hybridized carbons (Fsp3) is 0.316. The molecule has 0 atom stereocenters. The van der Waals surface area contributed by atoms with Gasteiger partial charge in [-0.15, -0.1) is 0 Å². The Morgan fingerprint density at radius 3 is 2.46 bits per heavy atom. The van der Waals surface area contributed by atoms with Crippen LogP contribution in [-0.2, 0) is 13.1 Å². The van der Waals surface area contributed by atoms with Gasteiger partial charge in [0.15, 0.2) is 5.82 Å². The summed E-state index contributed by atoms with van der Waals surface area (Å²) in [6.45, 7) is 4.40. The van der Waals surface area contributed by atoms with E-state index in [-0.39, 0.29) is 12.4 Å². The lowest BCUT2D eigenvalue weighted by atomic mass is 10.2. The average Bonchev–Trinajstić information content (AvgIpc) is 3.19. The van der Waals surface area contributed by atoms with Crippen molar-refractivity contribution in [1.82, 2.24) is 9.55 Å². The molecule has 0 unspecified atom stereocenters. The molecule has 0 saturated carbocycles. The van der Waals surface area contributed by atoms with E-state index in [0.717, 1.165) is 23.6 Å². The number of nitrogens with zero attached hydrogens (tertiary/aromatic N) is 2. The molecule has 0 radical (unpaired) electrons.